The lowest BCUT2D eigenvalue weighted by Crippen LogP contribution is -2.42. The van der Waals surface area contributed by atoms with Gasteiger partial charge in [-0.05, 0) is 31.7 Å². The van der Waals surface area contributed by atoms with Crippen LogP contribution in [-0.2, 0) is 9.53 Å². The lowest BCUT2D eigenvalue weighted by atomic mass is 10.1. The number of hydrogen-bond acceptors (Lipinski definition) is 5. The average molecular weight is 322 g/mol. The van der Waals surface area contributed by atoms with E-state index in [1.54, 1.807) is 0 Å². The largest absolute Gasteiger partial charge is 0.494 e. The highest BCUT2D eigenvalue weighted by Crippen LogP contribution is 2.24. The molecule has 1 heterocycles. The number of carbonyl (C=O) groups is 1. The Bertz CT molecular complexity index is 503. The second-order valence-corrected chi connectivity index (χ2v) is 5.68. The molecule has 1 atom stereocenters. The number of carboxylic acid groups (broad SMARTS) is 1. The molecule has 1 aromatic carbocycles. The van der Waals surface area contributed by atoms with Crippen LogP contribution in [0.2, 0.25) is 0 Å². The molecule has 6 nitrogen and oxygen atoms in total. The molecule has 0 saturated carbocycles. The number of nitrogens with zero attached hydrogens (tertiary/aromatic N) is 2. The number of morpholine rings is 1. The molecule has 1 aliphatic heterocycles. The molecule has 0 radical (unpaired) electrons. The van der Waals surface area contributed by atoms with Gasteiger partial charge < -0.3 is 14.6 Å². The summed E-state index contributed by atoms with van der Waals surface area (Å²) in [6.07, 6.45) is 0. The number of carboxylic acids is 1. The van der Waals surface area contributed by atoms with Gasteiger partial charge in [0.05, 0.1) is 19.8 Å². The highest BCUT2D eigenvalue weighted by atomic mass is 16.5. The fraction of sp³-hybridized carbons (Fsp3) is 0.588. The van der Waals surface area contributed by atoms with Crippen LogP contribution in [0.3, 0.4) is 0 Å². The molecule has 0 amide bonds. The summed E-state index contributed by atoms with van der Waals surface area (Å²) in [6, 6.07) is 6.67. The first-order valence-corrected chi connectivity index (χ1v) is 8.07. The van der Waals surface area contributed by atoms with Crippen LogP contribution in [0.1, 0.15) is 18.5 Å². The second-order valence-electron chi connectivity index (χ2n) is 5.68. The molecule has 1 aromatic rings. The zero-order chi connectivity index (χ0) is 16.7. The molecule has 0 aliphatic carbocycles. The molecule has 0 spiro atoms. The second kappa shape index (κ2) is 8.86. The normalized spacial score (nSPS) is 17.2. The molecule has 23 heavy (non-hydrogen) atoms. The Balaban J connectivity index is 2.01. The van der Waals surface area contributed by atoms with Gasteiger partial charge in [-0.2, -0.15) is 0 Å². The van der Waals surface area contributed by atoms with E-state index >= 15 is 0 Å². The third-order valence-corrected chi connectivity index (χ3v) is 4.03. The van der Waals surface area contributed by atoms with E-state index in [0.717, 1.165) is 38.4 Å². The quantitative estimate of drug-likeness (QED) is 0.782. The van der Waals surface area contributed by atoms with E-state index in [1.807, 2.05) is 43.1 Å². The minimum Gasteiger partial charge on any atom is -0.494 e. The summed E-state index contributed by atoms with van der Waals surface area (Å²) in [5.74, 6) is -0.138. The van der Waals surface area contributed by atoms with Gasteiger partial charge in [-0.25, -0.2) is 0 Å². The predicted molar refractivity (Wildman–Crippen MR) is 87.9 cm³/mol. The third kappa shape index (κ3) is 5.20. The monoisotopic (exact) mass is 322 g/mol. The lowest BCUT2D eigenvalue weighted by molar-refractivity contribution is -0.143. The van der Waals surface area contributed by atoms with Crippen molar-refractivity contribution in [2.75, 3.05) is 53.0 Å². The van der Waals surface area contributed by atoms with Crippen molar-refractivity contribution >= 4 is 5.97 Å². The maximum Gasteiger partial charge on any atom is 0.325 e. The molecule has 1 saturated heterocycles. The molecule has 128 valence electrons. The number of likely N-dealkylation sites (N-methyl/N-ethyl adjacent to an activating group) is 1. The van der Waals surface area contributed by atoms with Crippen LogP contribution in [0.15, 0.2) is 24.3 Å². The number of aliphatic carboxylic acids is 1. The van der Waals surface area contributed by atoms with E-state index in [9.17, 15) is 9.90 Å². The van der Waals surface area contributed by atoms with Crippen molar-refractivity contribution in [1.29, 1.82) is 0 Å². The SMILES string of the molecule is CCOc1cccc([C@@H](C(=O)O)N(C)CCN2CCOCC2)c1. The highest BCUT2D eigenvalue weighted by Gasteiger charge is 2.25. The zero-order valence-electron chi connectivity index (χ0n) is 13.9. The summed E-state index contributed by atoms with van der Waals surface area (Å²) in [5.41, 5.74) is 0.743. The van der Waals surface area contributed by atoms with Crippen molar-refractivity contribution in [2.24, 2.45) is 0 Å². The number of hydrogen-bond donors (Lipinski definition) is 1. The molecular weight excluding hydrogens is 296 g/mol. The van der Waals surface area contributed by atoms with Crippen LogP contribution in [-0.4, -0.2) is 73.9 Å². The standard InChI is InChI=1S/C17H26N2O4/c1-3-23-15-6-4-5-14(13-15)16(17(20)21)18(2)7-8-19-9-11-22-12-10-19/h4-6,13,16H,3,7-12H2,1-2H3,(H,20,21)/t16-/m0/s1. The van der Waals surface area contributed by atoms with Gasteiger partial charge in [0.15, 0.2) is 0 Å². The summed E-state index contributed by atoms with van der Waals surface area (Å²) in [6.45, 7) is 7.33. The number of benzene rings is 1. The van der Waals surface area contributed by atoms with Gasteiger partial charge >= 0.3 is 5.97 Å². The number of ether oxygens (including phenoxy) is 2. The van der Waals surface area contributed by atoms with Gasteiger partial charge in [-0.3, -0.25) is 14.6 Å². The molecule has 6 heteroatoms. The Labute approximate surface area is 137 Å². The molecule has 0 aromatic heterocycles. The fourth-order valence-corrected chi connectivity index (χ4v) is 2.78. The molecule has 0 bridgehead atoms. The maximum atomic E-state index is 11.7. The van der Waals surface area contributed by atoms with Gasteiger partial charge in [0, 0.05) is 26.2 Å². The van der Waals surface area contributed by atoms with Gasteiger partial charge in [-0.15, -0.1) is 0 Å². The van der Waals surface area contributed by atoms with E-state index < -0.39 is 12.0 Å². The fourth-order valence-electron chi connectivity index (χ4n) is 2.78. The van der Waals surface area contributed by atoms with Gasteiger partial charge in [-0.1, -0.05) is 12.1 Å². The Morgan fingerprint density at radius 2 is 2.17 bits per heavy atom. The summed E-state index contributed by atoms with van der Waals surface area (Å²) < 4.78 is 10.8. The lowest BCUT2D eigenvalue weighted by Gasteiger charge is -2.31. The highest BCUT2D eigenvalue weighted by molar-refractivity contribution is 5.75. The van der Waals surface area contributed by atoms with Crippen LogP contribution in [0.5, 0.6) is 5.75 Å². The van der Waals surface area contributed by atoms with Crippen LogP contribution in [0.25, 0.3) is 0 Å². The Morgan fingerprint density at radius 1 is 1.43 bits per heavy atom. The van der Waals surface area contributed by atoms with Crippen LogP contribution < -0.4 is 4.74 Å². The first kappa shape index (κ1) is 17.7. The maximum absolute atomic E-state index is 11.7. The minimum atomic E-state index is -0.844. The first-order chi connectivity index (χ1) is 11.1. The molecule has 0 unspecified atom stereocenters. The molecule has 1 aliphatic rings. The molecule has 1 fully saturated rings. The van der Waals surface area contributed by atoms with E-state index in [-0.39, 0.29) is 0 Å². The Morgan fingerprint density at radius 3 is 2.83 bits per heavy atom. The van der Waals surface area contributed by atoms with Crippen molar-refractivity contribution in [3.05, 3.63) is 29.8 Å². The van der Waals surface area contributed by atoms with Crippen molar-refractivity contribution in [1.82, 2.24) is 9.80 Å². The van der Waals surface area contributed by atoms with Crippen LogP contribution in [0, 0.1) is 0 Å². The third-order valence-electron chi connectivity index (χ3n) is 4.03. The summed E-state index contributed by atoms with van der Waals surface area (Å²) in [5, 5.41) is 9.64. The summed E-state index contributed by atoms with van der Waals surface area (Å²) >= 11 is 0. The summed E-state index contributed by atoms with van der Waals surface area (Å²) in [7, 11) is 1.85. The van der Waals surface area contributed by atoms with Crippen molar-refractivity contribution in [2.45, 2.75) is 13.0 Å². The molecule has 1 N–H and O–H groups in total. The van der Waals surface area contributed by atoms with E-state index in [2.05, 4.69) is 4.90 Å². The van der Waals surface area contributed by atoms with Gasteiger partial charge in [0.1, 0.15) is 11.8 Å². The zero-order valence-corrected chi connectivity index (χ0v) is 13.9. The summed E-state index contributed by atoms with van der Waals surface area (Å²) in [4.78, 5) is 15.9. The Kier molecular flexibility index (Phi) is 6.83. The van der Waals surface area contributed by atoms with Gasteiger partial charge in [0.2, 0.25) is 0 Å². The van der Waals surface area contributed by atoms with E-state index in [1.165, 1.54) is 0 Å². The van der Waals surface area contributed by atoms with Crippen molar-refractivity contribution < 1.29 is 19.4 Å². The average Bonchev–Trinajstić information content (AvgIpc) is 2.54. The van der Waals surface area contributed by atoms with Gasteiger partial charge in [0.25, 0.3) is 0 Å². The first-order valence-electron chi connectivity index (χ1n) is 8.07. The predicted octanol–water partition coefficient (Wildman–Crippen LogP) is 1.47. The molecule has 2 rings (SSSR count). The topological polar surface area (TPSA) is 62.2 Å². The minimum absolute atomic E-state index is 0.564. The van der Waals surface area contributed by atoms with Crippen LogP contribution >= 0.6 is 0 Å². The van der Waals surface area contributed by atoms with Crippen LogP contribution in [0.4, 0.5) is 0 Å². The molecular formula is C17H26N2O4. The smallest absolute Gasteiger partial charge is 0.325 e. The van der Waals surface area contributed by atoms with Crippen molar-refractivity contribution in [3.8, 4) is 5.75 Å². The number of rotatable bonds is 8. The Hall–Kier alpha value is -1.63. The van der Waals surface area contributed by atoms with E-state index in [0.29, 0.717) is 18.9 Å². The van der Waals surface area contributed by atoms with Crippen molar-refractivity contribution in [3.63, 3.8) is 0 Å². The van der Waals surface area contributed by atoms with E-state index in [4.69, 9.17) is 9.47 Å².